The molecule has 186 valence electrons. The van der Waals surface area contributed by atoms with E-state index in [4.69, 9.17) is 4.98 Å². The topological polar surface area (TPSA) is 81.0 Å². The molecule has 2 fully saturated rings. The number of hydrogen-bond acceptors (Lipinski definition) is 9. The van der Waals surface area contributed by atoms with Crippen LogP contribution in [0.15, 0.2) is 34.4 Å². The first kappa shape index (κ1) is 24.1. The molecule has 1 aromatic heterocycles. The van der Waals surface area contributed by atoms with Gasteiger partial charge in [-0.2, -0.15) is 0 Å². The molecule has 8 nitrogen and oxygen atoms in total. The molecule has 5 rings (SSSR count). The second kappa shape index (κ2) is 11.4. The zero-order chi connectivity index (χ0) is 24.0. The van der Waals surface area contributed by atoms with Crippen molar-refractivity contribution in [1.82, 2.24) is 20.2 Å². The van der Waals surface area contributed by atoms with Gasteiger partial charge in [0.05, 0.1) is 12.7 Å². The SMILES string of the molecule is Cc1ccc(NSC2CCCCC2)cc1CNC1=c2nc(N3CCN(C)CC3)ncc2=NCC=N1. The van der Waals surface area contributed by atoms with Crippen molar-refractivity contribution in [2.45, 2.75) is 50.8 Å². The van der Waals surface area contributed by atoms with Crippen LogP contribution in [0.5, 0.6) is 0 Å². The van der Waals surface area contributed by atoms with Crippen molar-refractivity contribution in [3.63, 3.8) is 0 Å². The third-order valence-corrected chi connectivity index (χ3v) is 8.18. The lowest BCUT2D eigenvalue weighted by Gasteiger charge is -2.32. The average Bonchev–Trinajstić information content (AvgIpc) is 3.10. The van der Waals surface area contributed by atoms with Gasteiger partial charge in [-0.05, 0) is 62.0 Å². The number of aromatic nitrogens is 2. The lowest BCUT2D eigenvalue weighted by molar-refractivity contribution is 0.311. The van der Waals surface area contributed by atoms with Crippen LogP contribution in [0.4, 0.5) is 11.6 Å². The van der Waals surface area contributed by atoms with E-state index in [2.05, 4.69) is 67.0 Å². The highest BCUT2D eigenvalue weighted by molar-refractivity contribution is 8.01. The molecule has 0 radical (unpaired) electrons. The summed E-state index contributed by atoms with van der Waals surface area (Å²) in [7, 11) is 2.15. The van der Waals surface area contributed by atoms with Gasteiger partial charge in [-0.3, -0.25) is 4.99 Å². The number of aliphatic imine (C=N–C) groups is 1. The van der Waals surface area contributed by atoms with E-state index in [0.29, 0.717) is 13.1 Å². The quantitative estimate of drug-likeness (QED) is 0.575. The van der Waals surface area contributed by atoms with Gasteiger partial charge in [-0.25, -0.2) is 15.0 Å². The molecule has 1 aliphatic carbocycles. The number of likely N-dealkylation sites (N-methyl/N-ethyl adjacent to an activating group) is 1. The summed E-state index contributed by atoms with van der Waals surface area (Å²) in [4.78, 5) is 23.4. The van der Waals surface area contributed by atoms with Crippen LogP contribution in [0.3, 0.4) is 0 Å². The lowest BCUT2D eigenvalue weighted by Crippen LogP contribution is -2.46. The van der Waals surface area contributed by atoms with Crippen molar-refractivity contribution in [3.05, 3.63) is 46.2 Å². The third kappa shape index (κ3) is 6.13. The molecular weight excluding hydrogens is 456 g/mol. The van der Waals surface area contributed by atoms with Crippen LogP contribution in [0.25, 0.3) is 5.82 Å². The van der Waals surface area contributed by atoms with Gasteiger partial charge in [-0.15, -0.1) is 0 Å². The van der Waals surface area contributed by atoms with Crippen molar-refractivity contribution < 1.29 is 0 Å². The van der Waals surface area contributed by atoms with Gasteiger partial charge >= 0.3 is 0 Å². The summed E-state index contributed by atoms with van der Waals surface area (Å²) < 4.78 is 3.60. The molecule has 2 aliphatic heterocycles. The zero-order valence-electron chi connectivity index (χ0n) is 20.8. The van der Waals surface area contributed by atoms with Gasteiger partial charge in [0.15, 0.2) is 5.82 Å². The number of rotatable bonds is 7. The molecule has 1 aromatic carbocycles. The van der Waals surface area contributed by atoms with Crippen molar-refractivity contribution in [2.24, 2.45) is 9.98 Å². The van der Waals surface area contributed by atoms with Gasteiger partial charge < -0.3 is 19.8 Å². The molecule has 0 unspecified atom stereocenters. The molecule has 9 heteroatoms. The first-order valence-corrected chi connectivity index (χ1v) is 13.7. The van der Waals surface area contributed by atoms with Crippen molar-refractivity contribution in [2.75, 3.05) is 49.4 Å². The maximum absolute atomic E-state index is 4.91. The molecular formula is C26H36N8S. The predicted molar refractivity (Wildman–Crippen MR) is 145 cm³/mol. The van der Waals surface area contributed by atoms with E-state index in [1.54, 1.807) is 0 Å². The van der Waals surface area contributed by atoms with Crippen LogP contribution < -0.4 is 25.6 Å². The summed E-state index contributed by atoms with van der Waals surface area (Å²) in [5, 5.41) is 5.84. The summed E-state index contributed by atoms with van der Waals surface area (Å²) in [5.74, 6) is 1.51. The fourth-order valence-corrected chi connectivity index (χ4v) is 5.71. The monoisotopic (exact) mass is 492 g/mol. The molecule has 35 heavy (non-hydrogen) atoms. The summed E-state index contributed by atoms with van der Waals surface area (Å²) in [6.45, 7) is 7.25. The fraction of sp³-hybridized carbons (Fsp3) is 0.538. The Balaban J connectivity index is 1.33. The minimum atomic E-state index is 0.534. The summed E-state index contributed by atoms with van der Waals surface area (Å²) >= 11 is 1.88. The Morgan fingerprint density at radius 2 is 1.91 bits per heavy atom. The van der Waals surface area contributed by atoms with E-state index in [1.165, 1.54) is 43.2 Å². The van der Waals surface area contributed by atoms with Crippen LogP contribution in [-0.4, -0.2) is 66.1 Å². The minimum Gasteiger partial charge on any atom is -0.364 e. The second-order valence-corrected chi connectivity index (χ2v) is 10.8. The standard InChI is InChI=1S/C26H36N8S/c1-19-8-9-21(32-35-22-6-4-3-5-7-22)16-20(19)17-29-25-24-23(27-10-11-28-25)18-30-26(31-24)34-14-12-33(2)13-15-34/h8-9,11,16,18,22,29,32H,3-7,10,12-15,17H2,1-2H3. The molecule has 0 bridgehead atoms. The van der Waals surface area contributed by atoms with Crippen LogP contribution in [0, 0.1) is 6.92 Å². The lowest BCUT2D eigenvalue weighted by atomic mass is 10.0. The normalized spacial score (nSPS) is 19.1. The largest absolute Gasteiger partial charge is 0.364 e. The Bertz CT molecular complexity index is 1170. The number of hydrogen-bond donors (Lipinski definition) is 2. The fourth-order valence-electron chi connectivity index (χ4n) is 4.72. The highest BCUT2D eigenvalue weighted by Gasteiger charge is 2.18. The maximum Gasteiger partial charge on any atom is 0.226 e. The number of nitrogens with one attached hydrogen (secondary N) is 2. The average molecular weight is 493 g/mol. The zero-order valence-corrected chi connectivity index (χ0v) is 21.7. The molecule has 3 aliphatic rings. The highest BCUT2D eigenvalue weighted by atomic mass is 32.2. The molecule has 1 saturated carbocycles. The van der Waals surface area contributed by atoms with E-state index in [1.807, 2.05) is 24.4 Å². The number of anilines is 2. The van der Waals surface area contributed by atoms with E-state index in [9.17, 15) is 0 Å². The molecule has 0 amide bonds. The van der Waals surface area contributed by atoms with E-state index < -0.39 is 0 Å². The Hall–Kier alpha value is -2.65. The van der Waals surface area contributed by atoms with E-state index in [-0.39, 0.29) is 0 Å². The molecule has 2 N–H and O–H groups in total. The molecule has 0 spiro atoms. The predicted octanol–water partition coefficient (Wildman–Crippen LogP) is 2.49. The van der Waals surface area contributed by atoms with E-state index >= 15 is 0 Å². The smallest absolute Gasteiger partial charge is 0.226 e. The Morgan fingerprint density at radius 1 is 1.09 bits per heavy atom. The molecule has 2 aromatic rings. The molecule has 1 saturated heterocycles. The van der Waals surface area contributed by atoms with Crippen molar-refractivity contribution in [3.8, 4) is 0 Å². The van der Waals surface area contributed by atoms with Crippen LogP contribution in [0.1, 0.15) is 43.2 Å². The third-order valence-electron chi connectivity index (χ3n) is 7.02. The van der Waals surface area contributed by atoms with Gasteiger partial charge in [-0.1, -0.05) is 25.3 Å². The number of nitrogens with zero attached hydrogens (tertiary/aromatic N) is 6. The van der Waals surface area contributed by atoms with Crippen molar-refractivity contribution in [1.29, 1.82) is 0 Å². The first-order valence-electron chi connectivity index (χ1n) is 12.8. The number of benzene rings is 1. The molecule has 3 heterocycles. The summed E-state index contributed by atoms with van der Waals surface area (Å²) in [5.41, 5.74) is 3.67. The van der Waals surface area contributed by atoms with Crippen molar-refractivity contribution >= 4 is 35.6 Å². The first-order chi connectivity index (χ1) is 17.2. The maximum atomic E-state index is 4.91. The van der Waals surface area contributed by atoms with Gasteiger partial charge in [0.1, 0.15) is 10.7 Å². The Kier molecular flexibility index (Phi) is 7.83. The summed E-state index contributed by atoms with van der Waals surface area (Å²) in [6, 6.07) is 6.62. The number of piperazine rings is 1. The van der Waals surface area contributed by atoms with Gasteiger partial charge in [0, 0.05) is 49.9 Å². The van der Waals surface area contributed by atoms with Crippen LogP contribution in [0.2, 0.25) is 0 Å². The Labute approximate surface area is 212 Å². The van der Waals surface area contributed by atoms with Crippen LogP contribution >= 0.6 is 11.9 Å². The Morgan fingerprint density at radius 3 is 2.74 bits per heavy atom. The van der Waals surface area contributed by atoms with E-state index in [0.717, 1.165) is 59.6 Å². The second-order valence-electron chi connectivity index (χ2n) is 9.67. The van der Waals surface area contributed by atoms with Gasteiger partial charge in [0.2, 0.25) is 5.95 Å². The minimum absolute atomic E-state index is 0.534. The highest BCUT2D eigenvalue weighted by Crippen LogP contribution is 2.29. The molecule has 0 atom stereocenters. The number of fused-ring (bicyclic) bond motifs is 1. The van der Waals surface area contributed by atoms with Gasteiger partial charge in [0.25, 0.3) is 0 Å². The summed E-state index contributed by atoms with van der Waals surface area (Å²) in [6.07, 6.45) is 10.4. The number of aryl methyl sites for hydroxylation is 1. The van der Waals surface area contributed by atoms with Crippen LogP contribution in [-0.2, 0) is 6.54 Å².